The SMILES string of the molecule is Cc1ccccc1-c1cc(C(C)C)c2ccccn2c1=O. The monoisotopic (exact) mass is 277 g/mol. The van der Waals surface area contributed by atoms with Gasteiger partial charge in [0.2, 0.25) is 0 Å². The average Bonchev–Trinajstić information content (AvgIpc) is 2.48. The highest BCUT2D eigenvalue weighted by atomic mass is 16.1. The zero-order chi connectivity index (χ0) is 15.0. The van der Waals surface area contributed by atoms with E-state index in [1.54, 1.807) is 4.40 Å². The summed E-state index contributed by atoms with van der Waals surface area (Å²) < 4.78 is 1.76. The van der Waals surface area contributed by atoms with Crippen LogP contribution in [0.5, 0.6) is 0 Å². The van der Waals surface area contributed by atoms with E-state index in [4.69, 9.17) is 0 Å². The van der Waals surface area contributed by atoms with Crippen molar-refractivity contribution >= 4 is 5.52 Å². The molecule has 0 bridgehead atoms. The molecular weight excluding hydrogens is 258 g/mol. The maximum Gasteiger partial charge on any atom is 0.262 e. The van der Waals surface area contributed by atoms with Crippen molar-refractivity contribution in [2.45, 2.75) is 26.7 Å². The van der Waals surface area contributed by atoms with Gasteiger partial charge in [-0.3, -0.25) is 9.20 Å². The van der Waals surface area contributed by atoms with Gasteiger partial charge < -0.3 is 0 Å². The van der Waals surface area contributed by atoms with Crippen LogP contribution >= 0.6 is 0 Å². The van der Waals surface area contributed by atoms with Crippen LogP contribution in [0, 0.1) is 6.92 Å². The molecule has 2 nitrogen and oxygen atoms in total. The van der Waals surface area contributed by atoms with Gasteiger partial charge in [0.25, 0.3) is 5.56 Å². The Bertz CT molecular complexity index is 859. The van der Waals surface area contributed by atoms with Gasteiger partial charge in [0, 0.05) is 11.8 Å². The smallest absolute Gasteiger partial charge is 0.262 e. The van der Waals surface area contributed by atoms with E-state index in [0.29, 0.717) is 5.92 Å². The molecule has 2 heterocycles. The molecule has 0 aliphatic heterocycles. The van der Waals surface area contributed by atoms with E-state index >= 15 is 0 Å². The van der Waals surface area contributed by atoms with Crippen LogP contribution < -0.4 is 5.56 Å². The molecule has 0 fully saturated rings. The molecule has 21 heavy (non-hydrogen) atoms. The van der Waals surface area contributed by atoms with E-state index in [9.17, 15) is 4.79 Å². The third kappa shape index (κ3) is 2.27. The molecule has 0 aliphatic rings. The topological polar surface area (TPSA) is 21.5 Å². The molecule has 0 amide bonds. The van der Waals surface area contributed by atoms with Gasteiger partial charge in [-0.2, -0.15) is 0 Å². The fraction of sp³-hybridized carbons (Fsp3) is 0.211. The van der Waals surface area contributed by atoms with Crippen molar-refractivity contribution < 1.29 is 0 Å². The maximum atomic E-state index is 12.8. The first kappa shape index (κ1) is 13.6. The van der Waals surface area contributed by atoms with Crippen molar-refractivity contribution in [3.8, 4) is 11.1 Å². The number of pyridine rings is 2. The summed E-state index contributed by atoms with van der Waals surface area (Å²) >= 11 is 0. The normalized spacial score (nSPS) is 11.2. The van der Waals surface area contributed by atoms with Crippen molar-refractivity contribution in [2.24, 2.45) is 0 Å². The molecule has 3 rings (SSSR count). The third-order valence-electron chi connectivity index (χ3n) is 3.96. The minimum Gasteiger partial charge on any atom is -0.284 e. The zero-order valence-corrected chi connectivity index (χ0v) is 12.6. The van der Waals surface area contributed by atoms with Crippen LogP contribution in [0.15, 0.2) is 59.5 Å². The standard InChI is InChI=1S/C19H19NO/c1-13(2)16-12-17(15-9-5-4-8-14(15)3)19(21)20-11-7-6-10-18(16)20/h4-13H,1-3H3. The molecule has 0 aliphatic carbocycles. The minimum absolute atomic E-state index is 0.0456. The Morgan fingerprint density at radius 2 is 1.67 bits per heavy atom. The van der Waals surface area contributed by atoms with E-state index in [2.05, 4.69) is 19.9 Å². The van der Waals surface area contributed by atoms with Gasteiger partial charge >= 0.3 is 0 Å². The summed E-state index contributed by atoms with van der Waals surface area (Å²) in [5.74, 6) is 0.366. The van der Waals surface area contributed by atoms with Crippen LogP contribution in [0.25, 0.3) is 16.6 Å². The Hall–Kier alpha value is -2.35. The van der Waals surface area contributed by atoms with Crippen LogP contribution in [0.1, 0.15) is 30.9 Å². The van der Waals surface area contributed by atoms with Crippen molar-refractivity contribution in [1.29, 1.82) is 0 Å². The van der Waals surface area contributed by atoms with Crippen molar-refractivity contribution in [2.75, 3.05) is 0 Å². The highest BCUT2D eigenvalue weighted by Crippen LogP contribution is 2.26. The van der Waals surface area contributed by atoms with Gasteiger partial charge in [-0.1, -0.05) is 44.2 Å². The lowest BCUT2D eigenvalue weighted by Gasteiger charge is -2.14. The van der Waals surface area contributed by atoms with Crippen molar-refractivity contribution in [3.63, 3.8) is 0 Å². The Labute approximate surface area is 124 Å². The second-order valence-corrected chi connectivity index (χ2v) is 5.74. The zero-order valence-electron chi connectivity index (χ0n) is 12.6. The summed E-state index contributed by atoms with van der Waals surface area (Å²) in [6.45, 7) is 6.37. The second-order valence-electron chi connectivity index (χ2n) is 5.74. The molecule has 0 unspecified atom stereocenters. The van der Waals surface area contributed by atoms with Crippen LogP contribution in [0.3, 0.4) is 0 Å². The molecule has 0 atom stereocenters. The first-order chi connectivity index (χ1) is 10.1. The molecule has 2 heteroatoms. The summed E-state index contributed by atoms with van der Waals surface area (Å²) in [6, 6.07) is 16.0. The van der Waals surface area contributed by atoms with E-state index in [1.807, 2.05) is 55.6 Å². The Kier molecular flexibility index (Phi) is 3.38. The predicted molar refractivity (Wildman–Crippen MR) is 87.9 cm³/mol. The number of rotatable bonds is 2. The number of aromatic nitrogens is 1. The summed E-state index contributed by atoms with van der Waals surface area (Å²) in [7, 11) is 0. The number of benzene rings is 1. The fourth-order valence-electron chi connectivity index (χ4n) is 2.81. The van der Waals surface area contributed by atoms with Crippen LogP contribution in [-0.2, 0) is 0 Å². The molecule has 3 aromatic rings. The predicted octanol–water partition coefficient (Wildman–Crippen LogP) is 4.40. The molecule has 1 aromatic carbocycles. The fourth-order valence-corrected chi connectivity index (χ4v) is 2.81. The number of aryl methyl sites for hydroxylation is 1. The first-order valence-electron chi connectivity index (χ1n) is 7.30. The van der Waals surface area contributed by atoms with Gasteiger partial charge in [-0.15, -0.1) is 0 Å². The molecule has 106 valence electrons. The van der Waals surface area contributed by atoms with Gasteiger partial charge in [-0.25, -0.2) is 0 Å². The molecule has 0 spiro atoms. The molecule has 2 aromatic heterocycles. The molecule has 0 saturated carbocycles. The summed E-state index contributed by atoms with van der Waals surface area (Å²) in [4.78, 5) is 12.8. The Morgan fingerprint density at radius 1 is 0.952 bits per heavy atom. The lowest BCUT2D eigenvalue weighted by Crippen LogP contribution is -2.17. The Balaban J connectivity index is 2.43. The van der Waals surface area contributed by atoms with Gasteiger partial charge in [-0.05, 0) is 47.7 Å². The number of hydrogen-bond acceptors (Lipinski definition) is 1. The lowest BCUT2D eigenvalue weighted by molar-refractivity contribution is 0.862. The average molecular weight is 277 g/mol. The summed E-state index contributed by atoms with van der Waals surface area (Å²) in [5, 5.41) is 0. The Morgan fingerprint density at radius 3 is 2.38 bits per heavy atom. The quantitative estimate of drug-likeness (QED) is 0.680. The molecule has 0 saturated heterocycles. The lowest BCUT2D eigenvalue weighted by atomic mass is 9.95. The number of fused-ring (bicyclic) bond motifs is 1. The van der Waals surface area contributed by atoms with Crippen molar-refractivity contribution in [1.82, 2.24) is 4.40 Å². The van der Waals surface area contributed by atoms with E-state index in [-0.39, 0.29) is 5.56 Å². The van der Waals surface area contributed by atoms with Gasteiger partial charge in [0.1, 0.15) is 0 Å². The van der Waals surface area contributed by atoms with E-state index in [0.717, 1.165) is 22.2 Å². The van der Waals surface area contributed by atoms with Gasteiger partial charge in [0.15, 0.2) is 0 Å². The number of hydrogen-bond donors (Lipinski definition) is 0. The summed E-state index contributed by atoms with van der Waals surface area (Å²) in [6.07, 6.45) is 1.85. The second kappa shape index (κ2) is 5.21. The highest BCUT2D eigenvalue weighted by molar-refractivity contribution is 5.71. The van der Waals surface area contributed by atoms with Crippen LogP contribution in [-0.4, -0.2) is 4.40 Å². The van der Waals surface area contributed by atoms with E-state index < -0.39 is 0 Å². The minimum atomic E-state index is 0.0456. The third-order valence-corrected chi connectivity index (χ3v) is 3.96. The number of nitrogens with zero attached hydrogens (tertiary/aromatic N) is 1. The molecule has 0 radical (unpaired) electrons. The molecule has 0 N–H and O–H groups in total. The largest absolute Gasteiger partial charge is 0.284 e. The van der Waals surface area contributed by atoms with Gasteiger partial charge in [0.05, 0.1) is 5.52 Å². The van der Waals surface area contributed by atoms with Crippen LogP contribution in [0.4, 0.5) is 0 Å². The van der Waals surface area contributed by atoms with E-state index in [1.165, 1.54) is 5.56 Å². The maximum absolute atomic E-state index is 12.8. The highest BCUT2D eigenvalue weighted by Gasteiger charge is 2.13. The summed E-state index contributed by atoms with van der Waals surface area (Å²) in [5.41, 5.74) is 5.16. The molecular formula is C19H19NO. The van der Waals surface area contributed by atoms with Crippen LogP contribution in [0.2, 0.25) is 0 Å². The van der Waals surface area contributed by atoms with Crippen molar-refractivity contribution in [3.05, 3.63) is 76.2 Å². The first-order valence-corrected chi connectivity index (χ1v) is 7.30.